The minimum absolute atomic E-state index is 0.235. The molecule has 2 N–H and O–H groups in total. The van der Waals surface area contributed by atoms with Crippen LogP contribution in [0.25, 0.3) is 16.6 Å². The Balaban J connectivity index is 1.56. The van der Waals surface area contributed by atoms with Gasteiger partial charge >= 0.3 is 5.97 Å². The van der Waals surface area contributed by atoms with Crippen LogP contribution in [0.1, 0.15) is 39.2 Å². The minimum atomic E-state index is -0.416. The number of amides is 1. The fraction of sp³-hybridized carbons (Fsp3) is 0.174. The number of anilines is 1. The summed E-state index contributed by atoms with van der Waals surface area (Å²) < 4.78 is 6.86. The number of aromatic amines is 1. The van der Waals surface area contributed by atoms with Crippen LogP contribution in [0.4, 0.5) is 5.69 Å². The van der Waals surface area contributed by atoms with Crippen LogP contribution in [0, 0.1) is 13.8 Å². The first kappa shape index (κ1) is 19.4. The average molecular weight is 402 g/mol. The maximum absolute atomic E-state index is 12.8. The van der Waals surface area contributed by atoms with Gasteiger partial charge in [-0.1, -0.05) is 6.07 Å². The largest absolute Gasteiger partial charge is 0.461 e. The van der Waals surface area contributed by atoms with Crippen molar-refractivity contribution in [3.63, 3.8) is 0 Å². The predicted octanol–water partition coefficient (Wildman–Crippen LogP) is 4.40. The zero-order valence-electron chi connectivity index (χ0n) is 17.0. The molecule has 0 saturated carbocycles. The molecule has 0 unspecified atom stereocenters. The summed E-state index contributed by atoms with van der Waals surface area (Å²) >= 11 is 0. The highest BCUT2D eigenvalue weighted by Gasteiger charge is 2.13. The highest BCUT2D eigenvalue weighted by atomic mass is 16.5. The summed E-state index contributed by atoms with van der Waals surface area (Å²) in [4.78, 5) is 27.7. The summed E-state index contributed by atoms with van der Waals surface area (Å²) in [5.41, 5.74) is 5.12. The Morgan fingerprint density at radius 1 is 1.10 bits per heavy atom. The first-order valence-corrected chi connectivity index (χ1v) is 9.69. The summed E-state index contributed by atoms with van der Waals surface area (Å²) in [6, 6.07) is 16.5. The second kappa shape index (κ2) is 7.87. The lowest BCUT2D eigenvalue weighted by Gasteiger charge is -2.09. The second-order valence-electron chi connectivity index (χ2n) is 7.05. The number of carbonyl (C=O) groups excluding carboxylic acids is 2. The highest BCUT2D eigenvalue weighted by Crippen LogP contribution is 2.21. The van der Waals surface area contributed by atoms with E-state index in [1.807, 2.05) is 48.9 Å². The van der Waals surface area contributed by atoms with Gasteiger partial charge in [-0.25, -0.2) is 9.48 Å². The van der Waals surface area contributed by atoms with E-state index in [0.29, 0.717) is 23.6 Å². The van der Waals surface area contributed by atoms with E-state index in [1.165, 1.54) is 0 Å². The molecule has 152 valence electrons. The Hall–Kier alpha value is -3.87. The molecular weight excluding hydrogens is 380 g/mol. The van der Waals surface area contributed by atoms with Gasteiger partial charge in [0, 0.05) is 27.8 Å². The van der Waals surface area contributed by atoms with Crippen molar-refractivity contribution in [2.45, 2.75) is 20.8 Å². The molecule has 4 aromatic rings. The van der Waals surface area contributed by atoms with Gasteiger partial charge in [-0.15, -0.1) is 0 Å². The van der Waals surface area contributed by atoms with Gasteiger partial charge in [0.25, 0.3) is 5.91 Å². The smallest absolute Gasteiger partial charge is 0.354 e. The van der Waals surface area contributed by atoms with Crippen LogP contribution in [0.5, 0.6) is 0 Å². The summed E-state index contributed by atoms with van der Waals surface area (Å²) in [6.45, 7) is 5.99. The molecule has 2 aromatic heterocycles. The molecule has 0 fully saturated rings. The number of hydrogen-bond acceptors (Lipinski definition) is 4. The Morgan fingerprint density at radius 3 is 2.67 bits per heavy atom. The molecule has 1 amide bonds. The molecule has 0 aliphatic rings. The van der Waals surface area contributed by atoms with Gasteiger partial charge < -0.3 is 15.0 Å². The lowest BCUT2D eigenvalue weighted by atomic mass is 10.1. The standard InChI is InChI=1S/C23H22N4O3/c1-4-30-23(29)21-12-17-11-16(8-9-20(17)25-21)22(28)24-18-6-5-7-19(13-18)27-15(3)10-14(2)26-27/h5-13,25H,4H2,1-3H3,(H,24,28). The lowest BCUT2D eigenvalue weighted by molar-refractivity contribution is 0.0520. The van der Waals surface area contributed by atoms with Gasteiger partial charge in [0.15, 0.2) is 0 Å². The van der Waals surface area contributed by atoms with Crippen molar-refractivity contribution in [3.05, 3.63) is 77.2 Å². The Labute approximate surface area is 173 Å². The van der Waals surface area contributed by atoms with E-state index in [2.05, 4.69) is 15.4 Å². The van der Waals surface area contributed by atoms with Crippen molar-refractivity contribution in [1.82, 2.24) is 14.8 Å². The molecule has 0 spiro atoms. The molecule has 0 atom stereocenters. The van der Waals surface area contributed by atoms with Crippen molar-refractivity contribution in [1.29, 1.82) is 0 Å². The van der Waals surface area contributed by atoms with Crippen LogP contribution in [0.3, 0.4) is 0 Å². The van der Waals surface area contributed by atoms with Crippen LogP contribution < -0.4 is 5.32 Å². The molecule has 7 heteroatoms. The van der Waals surface area contributed by atoms with E-state index in [9.17, 15) is 9.59 Å². The Morgan fingerprint density at radius 2 is 1.93 bits per heavy atom. The third-order valence-corrected chi connectivity index (χ3v) is 4.74. The maximum Gasteiger partial charge on any atom is 0.354 e. The molecular formula is C23H22N4O3. The number of aromatic nitrogens is 3. The average Bonchev–Trinajstić information content (AvgIpc) is 3.30. The lowest BCUT2D eigenvalue weighted by Crippen LogP contribution is -2.12. The van der Waals surface area contributed by atoms with Crippen LogP contribution in [-0.4, -0.2) is 33.2 Å². The molecule has 4 rings (SSSR count). The number of fused-ring (bicyclic) bond motifs is 1. The summed E-state index contributed by atoms with van der Waals surface area (Å²) in [6.07, 6.45) is 0. The summed E-state index contributed by atoms with van der Waals surface area (Å²) in [5.74, 6) is -0.651. The normalized spacial score (nSPS) is 10.9. The van der Waals surface area contributed by atoms with Gasteiger partial charge in [-0.05, 0) is 69.3 Å². The fourth-order valence-corrected chi connectivity index (χ4v) is 3.40. The van der Waals surface area contributed by atoms with Gasteiger partial charge in [-0.2, -0.15) is 5.10 Å². The molecule has 2 heterocycles. The van der Waals surface area contributed by atoms with Crippen molar-refractivity contribution in [3.8, 4) is 5.69 Å². The van der Waals surface area contributed by atoms with E-state index < -0.39 is 5.97 Å². The van der Waals surface area contributed by atoms with Crippen molar-refractivity contribution < 1.29 is 14.3 Å². The summed E-state index contributed by atoms with van der Waals surface area (Å²) in [5, 5.41) is 8.18. The molecule has 0 aliphatic heterocycles. The zero-order valence-corrected chi connectivity index (χ0v) is 17.0. The topological polar surface area (TPSA) is 89.0 Å². The molecule has 0 bridgehead atoms. The fourth-order valence-electron chi connectivity index (χ4n) is 3.40. The second-order valence-corrected chi connectivity index (χ2v) is 7.05. The van der Waals surface area contributed by atoms with E-state index >= 15 is 0 Å². The molecule has 2 aromatic carbocycles. The van der Waals surface area contributed by atoms with Gasteiger partial charge in [0.2, 0.25) is 0 Å². The minimum Gasteiger partial charge on any atom is -0.461 e. The van der Waals surface area contributed by atoms with Gasteiger partial charge in [0.05, 0.1) is 18.0 Å². The van der Waals surface area contributed by atoms with Crippen molar-refractivity contribution in [2.75, 3.05) is 11.9 Å². The third kappa shape index (κ3) is 3.82. The Bertz CT molecular complexity index is 1250. The van der Waals surface area contributed by atoms with Crippen LogP contribution in [0.15, 0.2) is 54.6 Å². The monoisotopic (exact) mass is 402 g/mol. The third-order valence-electron chi connectivity index (χ3n) is 4.74. The van der Waals surface area contributed by atoms with E-state index in [1.54, 1.807) is 31.2 Å². The number of carbonyl (C=O) groups is 2. The molecule has 0 saturated heterocycles. The number of hydrogen-bond donors (Lipinski definition) is 2. The first-order chi connectivity index (χ1) is 14.4. The SMILES string of the molecule is CCOC(=O)c1cc2cc(C(=O)Nc3cccc(-n4nc(C)cc4C)c3)ccc2[nH]1. The van der Waals surface area contributed by atoms with Crippen LogP contribution >= 0.6 is 0 Å². The molecule has 0 aliphatic carbocycles. The van der Waals surface area contributed by atoms with E-state index in [0.717, 1.165) is 28.0 Å². The van der Waals surface area contributed by atoms with Crippen LogP contribution in [0.2, 0.25) is 0 Å². The predicted molar refractivity (Wildman–Crippen MR) is 115 cm³/mol. The van der Waals surface area contributed by atoms with Crippen molar-refractivity contribution >= 4 is 28.5 Å². The first-order valence-electron chi connectivity index (χ1n) is 9.69. The maximum atomic E-state index is 12.8. The quantitative estimate of drug-likeness (QED) is 0.484. The number of ether oxygens (including phenoxy) is 1. The molecule has 0 radical (unpaired) electrons. The number of rotatable bonds is 5. The number of aryl methyl sites for hydroxylation is 2. The van der Waals surface area contributed by atoms with Gasteiger partial charge in [0.1, 0.15) is 5.69 Å². The zero-order chi connectivity index (χ0) is 21.3. The Kier molecular flexibility index (Phi) is 5.10. The number of benzene rings is 2. The summed E-state index contributed by atoms with van der Waals surface area (Å²) in [7, 11) is 0. The van der Waals surface area contributed by atoms with Crippen LogP contribution in [-0.2, 0) is 4.74 Å². The number of nitrogens with zero attached hydrogens (tertiary/aromatic N) is 2. The molecule has 7 nitrogen and oxygen atoms in total. The number of nitrogens with one attached hydrogen (secondary N) is 2. The van der Waals surface area contributed by atoms with E-state index in [-0.39, 0.29) is 5.91 Å². The number of H-pyrrole nitrogens is 1. The highest BCUT2D eigenvalue weighted by molar-refractivity contribution is 6.07. The van der Waals surface area contributed by atoms with E-state index in [4.69, 9.17) is 4.74 Å². The number of esters is 1. The van der Waals surface area contributed by atoms with Crippen molar-refractivity contribution in [2.24, 2.45) is 0 Å². The molecule has 30 heavy (non-hydrogen) atoms. The van der Waals surface area contributed by atoms with Gasteiger partial charge in [-0.3, -0.25) is 4.79 Å².